The van der Waals surface area contributed by atoms with Crippen LogP contribution in [0.3, 0.4) is 0 Å². The molecule has 1 fully saturated rings. The van der Waals surface area contributed by atoms with E-state index in [1.807, 2.05) is 6.07 Å². The molecule has 5 heteroatoms. The molecule has 0 atom stereocenters. The Bertz CT molecular complexity index is 513. The number of piperidine rings is 1. The fourth-order valence-corrected chi connectivity index (χ4v) is 3.18. The highest BCUT2D eigenvalue weighted by Gasteiger charge is 2.25. The third-order valence-electron chi connectivity index (χ3n) is 4.44. The number of nitrogens with zero attached hydrogens (tertiary/aromatic N) is 2. The van der Waals surface area contributed by atoms with Crippen LogP contribution in [0.5, 0.6) is 0 Å². The van der Waals surface area contributed by atoms with E-state index in [4.69, 9.17) is 5.11 Å². The van der Waals surface area contributed by atoms with E-state index in [1.165, 1.54) is 13.0 Å². The van der Waals surface area contributed by atoms with Gasteiger partial charge in [0.05, 0.1) is 11.3 Å². The van der Waals surface area contributed by atoms with Gasteiger partial charge in [0, 0.05) is 32.3 Å². The van der Waals surface area contributed by atoms with E-state index >= 15 is 0 Å². The first-order chi connectivity index (χ1) is 10.5. The minimum absolute atomic E-state index is 0.203. The summed E-state index contributed by atoms with van der Waals surface area (Å²) in [5.74, 6) is -0.664. The molecule has 0 radical (unpaired) electrons. The molecule has 1 aliphatic rings. The predicted octanol–water partition coefficient (Wildman–Crippen LogP) is 2.31. The highest BCUT2D eigenvalue weighted by molar-refractivity contribution is 6.00. The van der Waals surface area contributed by atoms with E-state index in [9.17, 15) is 9.18 Å². The van der Waals surface area contributed by atoms with E-state index < -0.39 is 5.82 Å². The van der Waals surface area contributed by atoms with Gasteiger partial charge >= 0.3 is 0 Å². The lowest BCUT2D eigenvalue weighted by molar-refractivity contribution is 0.101. The molecule has 122 valence electrons. The SMILES string of the molecule is CC(=O)c1c(F)cccc1N1CCC(N(C)CCCO)CC1. The molecule has 0 aromatic heterocycles. The number of carbonyl (C=O) groups is 1. The van der Waals surface area contributed by atoms with Crippen LogP contribution in [-0.4, -0.2) is 55.1 Å². The molecule has 1 saturated heterocycles. The average molecular weight is 308 g/mol. The van der Waals surface area contributed by atoms with Crippen LogP contribution in [0.2, 0.25) is 0 Å². The molecule has 0 unspecified atom stereocenters. The summed E-state index contributed by atoms with van der Waals surface area (Å²) < 4.78 is 13.9. The highest BCUT2D eigenvalue weighted by Crippen LogP contribution is 2.27. The van der Waals surface area contributed by atoms with Gasteiger partial charge in [-0.05, 0) is 45.4 Å². The minimum atomic E-state index is -0.438. The molecule has 2 rings (SSSR count). The van der Waals surface area contributed by atoms with Crippen molar-refractivity contribution < 1.29 is 14.3 Å². The number of hydrogen-bond donors (Lipinski definition) is 1. The largest absolute Gasteiger partial charge is 0.396 e. The van der Waals surface area contributed by atoms with Gasteiger partial charge < -0.3 is 14.9 Å². The van der Waals surface area contributed by atoms with Gasteiger partial charge in [0.15, 0.2) is 5.78 Å². The van der Waals surface area contributed by atoms with Crippen LogP contribution in [0.1, 0.15) is 36.5 Å². The summed E-state index contributed by atoms with van der Waals surface area (Å²) in [7, 11) is 2.08. The molecule has 1 N–H and O–H groups in total. The van der Waals surface area contributed by atoms with Crippen LogP contribution in [-0.2, 0) is 0 Å². The maximum absolute atomic E-state index is 13.9. The summed E-state index contributed by atoms with van der Waals surface area (Å²) in [6.07, 6.45) is 2.75. The van der Waals surface area contributed by atoms with Gasteiger partial charge in [0.25, 0.3) is 0 Å². The molecule has 1 aromatic carbocycles. The molecule has 0 amide bonds. The maximum atomic E-state index is 13.9. The first-order valence-corrected chi connectivity index (χ1v) is 7.90. The van der Waals surface area contributed by atoms with Crippen LogP contribution in [0.4, 0.5) is 10.1 Å². The average Bonchev–Trinajstić information content (AvgIpc) is 2.52. The number of benzene rings is 1. The Hall–Kier alpha value is -1.46. The van der Waals surface area contributed by atoms with Crippen molar-refractivity contribution in [2.75, 3.05) is 38.2 Å². The molecule has 22 heavy (non-hydrogen) atoms. The van der Waals surface area contributed by atoms with Crippen LogP contribution in [0.15, 0.2) is 18.2 Å². The van der Waals surface area contributed by atoms with Crippen molar-refractivity contribution in [3.8, 4) is 0 Å². The Morgan fingerprint density at radius 2 is 2.09 bits per heavy atom. The lowest BCUT2D eigenvalue weighted by atomic mass is 10.0. The second kappa shape index (κ2) is 7.70. The van der Waals surface area contributed by atoms with Gasteiger partial charge in [-0.3, -0.25) is 4.79 Å². The van der Waals surface area contributed by atoms with Crippen molar-refractivity contribution in [2.24, 2.45) is 0 Å². The Morgan fingerprint density at radius 3 is 2.68 bits per heavy atom. The number of ketones is 1. The molecule has 1 aliphatic heterocycles. The highest BCUT2D eigenvalue weighted by atomic mass is 19.1. The molecule has 1 aromatic rings. The number of halogens is 1. The lowest BCUT2D eigenvalue weighted by Crippen LogP contribution is -2.44. The van der Waals surface area contributed by atoms with Crippen LogP contribution < -0.4 is 4.90 Å². The summed E-state index contributed by atoms with van der Waals surface area (Å²) in [5.41, 5.74) is 0.915. The van der Waals surface area contributed by atoms with E-state index in [-0.39, 0.29) is 18.0 Å². The van der Waals surface area contributed by atoms with Crippen molar-refractivity contribution in [3.63, 3.8) is 0 Å². The maximum Gasteiger partial charge on any atom is 0.164 e. The minimum Gasteiger partial charge on any atom is -0.396 e. The first kappa shape index (κ1) is 16.9. The van der Waals surface area contributed by atoms with E-state index in [1.54, 1.807) is 6.07 Å². The number of anilines is 1. The monoisotopic (exact) mass is 308 g/mol. The van der Waals surface area contributed by atoms with E-state index in [0.29, 0.717) is 11.7 Å². The van der Waals surface area contributed by atoms with Gasteiger partial charge in [-0.25, -0.2) is 4.39 Å². The molecule has 0 bridgehead atoms. The smallest absolute Gasteiger partial charge is 0.164 e. The van der Waals surface area contributed by atoms with E-state index in [2.05, 4.69) is 16.8 Å². The van der Waals surface area contributed by atoms with Crippen LogP contribution in [0, 0.1) is 5.82 Å². The zero-order chi connectivity index (χ0) is 16.1. The predicted molar refractivity (Wildman–Crippen MR) is 86.0 cm³/mol. The number of aliphatic hydroxyl groups excluding tert-OH is 1. The first-order valence-electron chi connectivity index (χ1n) is 7.90. The number of aliphatic hydroxyl groups is 1. The molecule has 1 heterocycles. The van der Waals surface area contributed by atoms with Crippen molar-refractivity contribution in [2.45, 2.75) is 32.2 Å². The van der Waals surface area contributed by atoms with Crippen LogP contribution >= 0.6 is 0 Å². The van der Waals surface area contributed by atoms with Gasteiger partial charge in [-0.2, -0.15) is 0 Å². The van der Waals surface area contributed by atoms with Crippen molar-refractivity contribution in [3.05, 3.63) is 29.6 Å². The van der Waals surface area contributed by atoms with Gasteiger partial charge in [-0.1, -0.05) is 6.07 Å². The summed E-state index contributed by atoms with van der Waals surface area (Å²) in [5, 5.41) is 8.91. The summed E-state index contributed by atoms with van der Waals surface area (Å²) >= 11 is 0. The second-order valence-electron chi connectivity index (χ2n) is 5.97. The van der Waals surface area contributed by atoms with Crippen molar-refractivity contribution >= 4 is 11.5 Å². The third-order valence-corrected chi connectivity index (χ3v) is 4.44. The number of Topliss-reactive ketones (excluding diaryl/α,β-unsaturated/α-hetero) is 1. The Kier molecular flexibility index (Phi) is 5.91. The summed E-state index contributed by atoms with van der Waals surface area (Å²) in [4.78, 5) is 16.1. The Labute approximate surface area is 131 Å². The topological polar surface area (TPSA) is 43.8 Å². The molecule has 4 nitrogen and oxygen atoms in total. The second-order valence-corrected chi connectivity index (χ2v) is 5.97. The molecule has 0 spiro atoms. The zero-order valence-corrected chi connectivity index (χ0v) is 13.4. The normalized spacial score (nSPS) is 16.3. The summed E-state index contributed by atoms with van der Waals surface area (Å²) in [6, 6.07) is 5.32. The van der Waals surface area contributed by atoms with Crippen molar-refractivity contribution in [1.29, 1.82) is 0 Å². The van der Waals surface area contributed by atoms with Crippen LogP contribution in [0.25, 0.3) is 0 Å². The fourth-order valence-electron chi connectivity index (χ4n) is 3.18. The molecule has 0 aliphatic carbocycles. The lowest BCUT2D eigenvalue weighted by Gasteiger charge is -2.38. The molecular formula is C17H25FN2O2. The Balaban J connectivity index is 2.03. The van der Waals surface area contributed by atoms with Gasteiger partial charge in [-0.15, -0.1) is 0 Å². The van der Waals surface area contributed by atoms with Gasteiger partial charge in [0.1, 0.15) is 5.82 Å². The third kappa shape index (κ3) is 3.84. The quantitative estimate of drug-likeness (QED) is 0.819. The Morgan fingerprint density at radius 1 is 1.41 bits per heavy atom. The van der Waals surface area contributed by atoms with Gasteiger partial charge in [0.2, 0.25) is 0 Å². The summed E-state index contributed by atoms with van der Waals surface area (Å²) in [6.45, 7) is 4.15. The number of hydrogen-bond acceptors (Lipinski definition) is 4. The molecular weight excluding hydrogens is 283 g/mol. The standard InChI is InChI=1S/C17H25FN2O2/c1-13(22)17-15(18)5-3-6-16(17)20-10-7-14(8-11-20)19(2)9-4-12-21/h3,5-6,14,21H,4,7-12H2,1-2H3. The van der Waals surface area contributed by atoms with E-state index in [0.717, 1.165) is 38.9 Å². The fraction of sp³-hybridized carbons (Fsp3) is 0.588. The number of rotatable bonds is 6. The molecule has 0 saturated carbocycles. The number of carbonyl (C=O) groups excluding carboxylic acids is 1. The zero-order valence-electron chi connectivity index (χ0n) is 13.4. The van der Waals surface area contributed by atoms with Crippen molar-refractivity contribution in [1.82, 2.24) is 4.90 Å².